The van der Waals surface area contributed by atoms with Crippen LogP contribution in [0.2, 0.25) is 0 Å². The molecule has 1 fully saturated rings. The highest BCUT2D eigenvalue weighted by atomic mass is 32.1. The molecule has 1 aromatic heterocycles. The fourth-order valence-electron chi connectivity index (χ4n) is 3.19. The van der Waals surface area contributed by atoms with Gasteiger partial charge in [-0.15, -0.1) is 11.3 Å². The summed E-state index contributed by atoms with van der Waals surface area (Å²) >= 11 is 1.80. The van der Waals surface area contributed by atoms with Crippen LogP contribution in [0.15, 0.2) is 40.7 Å². The lowest BCUT2D eigenvalue weighted by Crippen LogP contribution is -2.52. The summed E-state index contributed by atoms with van der Waals surface area (Å²) in [4.78, 5) is 9.19. The van der Waals surface area contributed by atoms with Crippen molar-refractivity contribution in [2.45, 2.75) is 6.54 Å². The molecule has 2 aromatic rings. The molecule has 1 saturated heterocycles. The molecule has 140 valence electrons. The standard InChI is InChI=1S/C19H26N4O2S/c1-20-19(21-14-15-6-4-7-16(24-2)18(15)25-3)23-11-9-22(10-12-23)17-8-5-13-26-17/h4-8,13H,9-12,14H2,1-3H3,(H,20,21). The molecule has 26 heavy (non-hydrogen) atoms. The van der Waals surface area contributed by atoms with E-state index in [0.29, 0.717) is 6.54 Å². The average molecular weight is 375 g/mol. The monoisotopic (exact) mass is 374 g/mol. The van der Waals surface area contributed by atoms with Gasteiger partial charge >= 0.3 is 0 Å². The third-order valence-corrected chi connectivity index (χ3v) is 5.46. The molecule has 1 aliphatic heterocycles. The number of para-hydroxylation sites is 1. The largest absolute Gasteiger partial charge is 0.493 e. The summed E-state index contributed by atoms with van der Waals surface area (Å²) in [6, 6.07) is 10.2. The van der Waals surface area contributed by atoms with Gasteiger partial charge in [-0.3, -0.25) is 4.99 Å². The van der Waals surface area contributed by atoms with Crippen molar-refractivity contribution in [3.05, 3.63) is 41.3 Å². The van der Waals surface area contributed by atoms with E-state index >= 15 is 0 Å². The Hall–Kier alpha value is -2.41. The Labute approximate surface area is 159 Å². The van der Waals surface area contributed by atoms with Gasteiger partial charge in [0.2, 0.25) is 0 Å². The van der Waals surface area contributed by atoms with E-state index in [-0.39, 0.29) is 0 Å². The summed E-state index contributed by atoms with van der Waals surface area (Å²) in [5.74, 6) is 2.42. The van der Waals surface area contributed by atoms with Crippen LogP contribution in [0, 0.1) is 0 Å². The minimum absolute atomic E-state index is 0.637. The Balaban J connectivity index is 1.59. The second kappa shape index (κ2) is 8.80. The van der Waals surface area contributed by atoms with Crippen molar-refractivity contribution < 1.29 is 9.47 Å². The topological polar surface area (TPSA) is 49.3 Å². The van der Waals surface area contributed by atoms with Crippen molar-refractivity contribution in [2.75, 3.05) is 52.3 Å². The number of methoxy groups -OCH3 is 2. The third kappa shape index (κ3) is 4.04. The van der Waals surface area contributed by atoms with Gasteiger partial charge in [0.15, 0.2) is 17.5 Å². The molecule has 6 nitrogen and oxygen atoms in total. The molecule has 1 aliphatic rings. The Bertz CT molecular complexity index is 725. The maximum atomic E-state index is 5.51. The lowest BCUT2D eigenvalue weighted by Gasteiger charge is -2.37. The van der Waals surface area contributed by atoms with Crippen LogP contribution < -0.4 is 19.7 Å². The van der Waals surface area contributed by atoms with Crippen molar-refractivity contribution in [1.29, 1.82) is 0 Å². The van der Waals surface area contributed by atoms with Crippen molar-refractivity contribution in [1.82, 2.24) is 10.2 Å². The molecule has 0 saturated carbocycles. The fourth-order valence-corrected chi connectivity index (χ4v) is 3.97. The molecule has 0 bridgehead atoms. The molecule has 0 amide bonds. The molecular weight excluding hydrogens is 348 g/mol. The maximum absolute atomic E-state index is 5.51. The zero-order chi connectivity index (χ0) is 18.4. The average Bonchev–Trinajstić information content (AvgIpc) is 3.23. The second-order valence-corrected chi connectivity index (χ2v) is 6.90. The number of aliphatic imine (C=N–C) groups is 1. The summed E-state index contributed by atoms with van der Waals surface area (Å²) in [5, 5.41) is 6.93. The van der Waals surface area contributed by atoms with Crippen LogP contribution in [-0.2, 0) is 6.54 Å². The summed E-state index contributed by atoms with van der Waals surface area (Å²) in [5.41, 5.74) is 1.05. The zero-order valence-corrected chi connectivity index (χ0v) is 16.4. The van der Waals surface area contributed by atoms with Crippen LogP contribution in [-0.4, -0.2) is 58.3 Å². The molecule has 7 heteroatoms. The van der Waals surface area contributed by atoms with Crippen molar-refractivity contribution in [3.63, 3.8) is 0 Å². The first-order valence-electron chi connectivity index (χ1n) is 8.70. The Morgan fingerprint density at radius 1 is 1.12 bits per heavy atom. The smallest absolute Gasteiger partial charge is 0.194 e. The summed E-state index contributed by atoms with van der Waals surface area (Å²) in [6.07, 6.45) is 0. The van der Waals surface area contributed by atoms with Gasteiger partial charge in [0.05, 0.1) is 19.2 Å². The van der Waals surface area contributed by atoms with Gasteiger partial charge < -0.3 is 24.6 Å². The van der Waals surface area contributed by atoms with Crippen molar-refractivity contribution >= 4 is 22.3 Å². The van der Waals surface area contributed by atoms with E-state index in [9.17, 15) is 0 Å². The molecule has 0 atom stereocenters. The molecule has 0 spiro atoms. The van der Waals surface area contributed by atoms with Crippen molar-refractivity contribution in [2.24, 2.45) is 4.99 Å². The van der Waals surface area contributed by atoms with Gasteiger partial charge in [0.1, 0.15) is 0 Å². The first-order chi connectivity index (χ1) is 12.8. The summed E-state index contributed by atoms with van der Waals surface area (Å²) < 4.78 is 10.9. The minimum atomic E-state index is 0.637. The first kappa shape index (κ1) is 18.4. The Kier molecular flexibility index (Phi) is 6.22. The molecule has 2 heterocycles. The molecule has 0 unspecified atom stereocenters. The number of rotatable bonds is 5. The van der Waals surface area contributed by atoms with E-state index in [1.54, 1.807) is 25.6 Å². The molecule has 0 radical (unpaired) electrons. The van der Waals surface area contributed by atoms with E-state index in [1.807, 2.05) is 25.2 Å². The van der Waals surface area contributed by atoms with Crippen LogP contribution >= 0.6 is 11.3 Å². The predicted octanol–water partition coefficient (Wildman–Crippen LogP) is 2.66. The number of ether oxygens (including phenoxy) is 2. The maximum Gasteiger partial charge on any atom is 0.194 e. The van der Waals surface area contributed by atoms with Crippen LogP contribution in [0.4, 0.5) is 5.00 Å². The van der Waals surface area contributed by atoms with Gasteiger partial charge in [-0.2, -0.15) is 0 Å². The molecule has 3 rings (SSSR count). The number of hydrogen-bond acceptors (Lipinski definition) is 5. The minimum Gasteiger partial charge on any atom is -0.493 e. The summed E-state index contributed by atoms with van der Waals surface area (Å²) in [6.45, 7) is 4.55. The lowest BCUT2D eigenvalue weighted by molar-refractivity contribution is 0.350. The van der Waals surface area contributed by atoms with Crippen LogP contribution in [0.1, 0.15) is 5.56 Å². The fraction of sp³-hybridized carbons (Fsp3) is 0.421. The highest BCUT2D eigenvalue weighted by Crippen LogP contribution is 2.30. The van der Waals surface area contributed by atoms with E-state index in [1.165, 1.54) is 5.00 Å². The molecule has 1 N–H and O–H groups in total. The van der Waals surface area contributed by atoms with Crippen LogP contribution in [0.3, 0.4) is 0 Å². The third-order valence-electron chi connectivity index (χ3n) is 4.53. The van der Waals surface area contributed by atoms with Gasteiger partial charge in [0, 0.05) is 45.3 Å². The van der Waals surface area contributed by atoms with Gasteiger partial charge in [-0.05, 0) is 23.6 Å². The number of guanidine groups is 1. The Morgan fingerprint density at radius 2 is 1.92 bits per heavy atom. The van der Waals surface area contributed by atoms with Crippen LogP contribution in [0.5, 0.6) is 11.5 Å². The van der Waals surface area contributed by atoms with Crippen molar-refractivity contribution in [3.8, 4) is 11.5 Å². The normalized spacial score (nSPS) is 15.1. The molecular formula is C19H26N4O2S. The van der Waals surface area contributed by atoms with E-state index in [2.05, 4.69) is 37.6 Å². The predicted molar refractivity (Wildman–Crippen MR) is 108 cm³/mol. The number of thiophene rings is 1. The van der Waals surface area contributed by atoms with Gasteiger partial charge in [-0.1, -0.05) is 12.1 Å². The number of benzene rings is 1. The summed E-state index contributed by atoms with van der Waals surface area (Å²) in [7, 11) is 5.15. The number of nitrogens with one attached hydrogen (secondary N) is 1. The SMILES string of the molecule is CN=C(NCc1cccc(OC)c1OC)N1CCN(c2cccs2)CC1. The highest BCUT2D eigenvalue weighted by molar-refractivity contribution is 7.14. The lowest BCUT2D eigenvalue weighted by atomic mass is 10.2. The van der Waals surface area contributed by atoms with E-state index in [4.69, 9.17) is 9.47 Å². The zero-order valence-electron chi connectivity index (χ0n) is 15.6. The first-order valence-corrected chi connectivity index (χ1v) is 9.58. The van der Waals surface area contributed by atoms with E-state index < -0.39 is 0 Å². The number of nitrogens with zero attached hydrogens (tertiary/aromatic N) is 3. The molecule has 0 aliphatic carbocycles. The number of hydrogen-bond donors (Lipinski definition) is 1. The number of piperazine rings is 1. The van der Waals surface area contributed by atoms with Crippen LogP contribution in [0.25, 0.3) is 0 Å². The van der Waals surface area contributed by atoms with Gasteiger partial charge in [-0.25, -0.2) is 0 Å². The highest BCUT2D eigenvalue weighted by Gasteiger charge is 2.20. The quantitative estimate of drug-likeness (QED) is 0.644. The second-order valence-electron chi connectivity index (χ2n) is 5.98. The van der Waals surface area contributed by atoms with Gasteiger partial charge in [0.25, 0.3) is 0 Å². The van der Waals surface area contributed by atoms with E-state index in [0.717, 1.165) is 49.2 Å². The Morgan fingerprint density at radius 3 is 2.54 bits per heavy atom. The number of anilines is 1. The molecule has 1 aromatic carbocycles.